The molecule has 0 fully saturated rings. The first-order valence-corrected chi connectivity index (χ1v) is 3.83. The summed E-state index contributed by atoms with van der Waals surface area (Å²) in [5.41, 5.74) is 0. The lowest BCUT2D eigenvalue weighted by molar-refractivity contribution is 1.14. The number of hydrogen-bond acceptors (Lipinski definition) is 2. The van der Waals surface area contributed by atoms with Crippen LogP contribution in [0.1, 0.15) is 0 Å². The molecule has 0 aliphatic rings. The van der Waals surface area contributed by atoms with Gasteiger partial charge in [-0.15, -0.1) is 6.58 Å². The van der Waals surface area contributed by atoms with Gasteiger partial charge in [0, 0.05) is 11.9 Å². The minimum atomic E-state index is 1.00. The predicted octanol–water partition coefficient (Wildman–Crippen LogP) is 2.52. The van der Waals surface area contributed by atoms with Gasteiger partial charge in [-0.1, -0.05) is 23.9 Å². The monoisotopic (exact) mass is 151 g/mol. The van der Waals surface area contributed by atoms with Gasteiger partial charge in [-0.2, -0.15) is 0 Å². The van der Waals surface area contributed by atoms with E-state index in [-0.39, 0.29) is 0 Å². The molecule has 1 aromatic rings. The van der Waals surface area contributed by atoms with Gasteiger partial charge in [0.1, 0.15) is 0 Å². The minimum Gasteiger partial charge on any atom is -0.250 e. The highest BCUT2D eigenvalue weighted by Crippen LogP contribution is 2.16. The molecule has 0 aliphatic heterocycles. The second kappa shape index (κ2) is 4.12. The Kier molecular flexibility index (Phi) is 3.03. The zero-order valence-corrected chi connectivity index (χ0v) is 6.34. The van der Waals surface area contributed by atoms with Crippen LogP contribution in [-0.2, 0) is 0 Å². The van der Waals surface area contributed by atoms with Crippen LogP contribution in [0.15, 0.2) is 42.1 Å². The number of pyridine rings is 1. The van der Waals surface area contributed by atoms with Crippen LogP contribution < -0.4 is 0 Å². The zero-order chi connectivity index (χ0) is 7.23. The molecule has 10 heavy (non-hydrogen) atoms. The molecular formula is C8H8NS. The molecule has 1 aromatic heterocycles. The Morgan fingerprint density at radius 1 is 1.50 bits per heavy atom. The lowest BCUT2D eigenvalue weighted by Crippen LogP contribution is -1.73. The van der Waals surface area contributed by atoms with Gasteiger partial charge >= 0.3 is 0 Å². The standard InChI is InChI=1S/C8H8NS/c1-2-7-10-8-5-3-4-6-9-8/h2-7H,1H2/i8+1. The van der Waals surface area contributed by atoms with Crippen molar-refractivity contribution in [2.24, 2.45) is 0 Å². The fourth-order valence-corrected chi connectivity index (χ4v) is 1.05. The number of nitrogens with zero attached hydrogens (tertiary/aromatic N) is 1. The molecule has 0 aliphatic carbocycles. The van der Waals surface area contributed by atoms with E-state index in [0.717, 1.165) is 5.03 Å². The smallest absolute Gasteiger partial charge is 0.0966 e. The van der Waals surface area contributed by atoms with E-state index in [1.54, 1.807) is 24.0 Å². The van der Waals surface area contributed by atoms with Crippen LogP contribution in [0.4, 0.5) is 0 Å². The maximum absolute atomic E-state index is 4.10. The molecule has 0 bridgehead atoms. The molecule has 1 rings (SSSR count). The molecule has 51 valence electrons. The first-order chi connectivity index (χ1) is 4.93. The largest absolute Gasteiger partial charge is 0.250 e. The van der Waals surface area contributed by atoms with Gasteiger partial charge in [-0.05, 0) is 12.1 Å². The Labute approximate surface area is 65.2 Å². The summed E-state index contributed by atoms with van der Waals surface area (Å²) in [5, 5.41) is 1.00. The van der Waals surface area contributed by atoms with E-state index in [0.29, 0.717) is 0 Å². The summed E-state index contributed by atoms with van der Waals surface area (Å²) in [6.07, 6.45) is 3.53. The molecule has 0 unspecified atom stereocenters. The molecule has 0 aromatic carbocycles. The first-order valence-electron chi connectivity index (χ1n) is 2.95. The highest BCUT2D eigenvalue weighted by atomic mass is 32.2. The van der Waals surface area contributed by atoms with Crippen LogP contribution in [0.25, 0.3) is 0 Å². The van der Waals surface area contributed by atoms with Crippen LogP contribution in [0.3, 0.4) is 0 Å². The Hall–Kier alpha value is -0.760. The molecule has 0 saturated carbocycles. The molecule has 0 saturated heterocycles. The Balaban J connectivity index is 2.50. The van der Waals surface area contributed by atoms with E-state index in [1.807, 2.05) is 24.0 Å². The van der Waals surface area contributed by atoms with Crippen LogP contribution in [-0.4, -0.2) is 4.98 Å². The average molecular weight is 151 g/mol. The van der Waals surface area contributed by atoms with Crippen LogP contribution in [0.2, 0.25) is 0 Å². The fourth-order valence-electron chi connectivity index (χ4n) is 0.535. The topological polar surface area (TPSA) is 12.9 Å². The molecule has 1 heterocycles. The second-order valence-corrected chi connectivity index (χ2v) is 2.58. The summed E-state index contributed by atoms with van der Waals surface area (Å²) < 4.78 is 0. The van der Waals surface area contributed by atoms with Crippen molar-refractivity contribution >= 4 is 11.8 Å². The lowest BCUT2D eigenvalue weighted by Gasteiger charge is -1.92. The van der Waals surface area contributed by atoms with Crippen molar-refractivity contribution in [3.8, 4) is 0 Å². The Morgan fingerprint density at radius 2 is 2.40 bits per heavy atom. The number of aromatic nitrogens is 1. The van der Waals surface area contributed by atoms with Crippen LogP contribution in [0.5, 0.6) is 0 Å². The van der Waals surface area contributed by atoms with Crippen molar-refractivity contribution in [2.45, 2.75) is 5.03 Å². The van der Waals surface area contributed by atoms with Gasteiger partial charge in [0.05, 0.1) is 5.03 Å². The van der Waals surface area contributed by atoms with Gasteiger partial charge in [-0.3, -0.25) is 0 Å². The average Bonchev–Trinajstić information content (AvgIpc) is 2.03. The molecule has 1 nitrogen and oxygen atoms in total. The van der Waals surface area contributed by atoms with Crippen molar-refractivity contribution in [1.82, 2.24) is 4.98 Å². The summed E-state index contributed by atoms with van der Waals surface area (Å²) in [7, 11) is 0. The second-order valence-electron chi connectivity index (χ2n) is 1.66. The first kappa shape index (κ1) is 7.35. The van der Waals surface area contributed by atoms with Crippen molar-refractivity contribution < 1.29 is 0 Å². The summed E-state index contributed by atoms with van der Waals surface area (Å²) >= 11 is 1.57. The third kappa shape index (κ3) is 2.23. The summed E-state index contributed by atoms with van der Waals surface area (Å²) in [6.45, 7) is 3.57. The maximum atomic E-state index is 4.10. The number of rotatable bonds is 3. The maximum Gasteiger partial charge on any atom is 0.0966 e. The Morgan fingerprint density at radius 3 is 3.00 bits per heavy atom. The molecule has 0 amide bonds. The van der Waals surface area contributed by atoms with E-state index in [9.17, 15) is 0 Å². The highest BCUT2D eigenvalue weighted by molar-refractivity contribution is 8.01. The molecule has 0 atom stereocenters. The van der Waals surface area contributed by atoms with E-state index >= 15 is 0 Å². The van der Waals surface area contributed by atoms with E-state index < -0.39 is 0 Å². The van der Waals surface area contributed by atoms with Crippen molar-refractivity contribution in [1.29, 1.82) is 0 Å². The van der Waals surface area contributed by atoms with E-state index in [1.165, 1.54) is 0 Å². The number of hydrogen-bond donors (Lipinski definition) is 0. The van der Waals surface area contributed by atoms with Crippen LogP contribution >= 0.6 is 11.8 Å². The molecular weight excluding hydrogens is 143 g/mol. The number of thioether (sulfide) groups is 1. The summed E-state index contributed by atoms with van der Waals surface area (Å²) in [5.74, 6) is 1.91. The van der Waals surface area contributed by atoms with Gasteiger partial charge in [0.25, 0.3) is 0 Å². The van der Waals surface area contributed by atoms with Gasteiger partial charge < -0.3 is 0 Å². The highest BCUT2D eigenvalue weighted by Gasteiger charge is 1.88. The predicted molar refractivity (Wildman–Crippen MR) is 44.6 cm³/mol. The third-order valence-electron chi connectivity index (χ3n) is 0.923. The minimum absolute atomic E-state index is 1.00. The molecule has 0 N–H and O–H groups in total. The van der Waals surface area contributed by atoms with Gasteiger partial charge in [0.15, 0.2) is 0 Å². The van der Waals surface area contributed by atoms with Crippen LogP contribution in [0, 0.1) is 5.75 Å². The van der Waals surface area contributed by atoms with Crippen molar-refractivity contribution in [3.63, 3.8) is 0 Å². The molecule has 0 spiro atoms. The molecule has 1 radical (unpaired) electrons. The molecule has 2 heteroatoms. The summed E-state index contributed by atoms with van der Waals surface area (Å²) in [4.78, 5) is 4.10. The van der Waals surface area contributed by atoms with Crippen molar-refractivity contribution in [3.05, 3.63) is 42.8 Å². The SMILES string of the molecule is C=C[CH]S[13c]1ccccn1. The fraction of sp³-hybridized carbons (Fsp3) is 0. The quantitative estimate of drug-likeness (QED) is 0.616. The third-order valence-corrected chi connectivity index (χ3v) is 1.73. The van der Waals surface area contributed by atoms with Gasteiger partial charge in [0.2, 0.25) is 0 Å². The van der Waals surface area contributed by atoms with E-state index in [2.05, 4.69) is 11.6 Å². The Bertz CT molecular complexity index is 196. The van der Waals surface area contributed by atoms with Crippen molar-refractivity contribution in [2.75, 3.05) is 0 Å². The lowest BCUT2D eigenvalue weighted by atomic mass is 10.6. The van der Waals surface area contributed by atoms with Gasteiger partial charge in [-0.25, -0.2) is 4.98 Å². The van der Waals surface area contributed by atoms with E-state index in [4.69, 9.17) is 0 Å². The normalized spacial score (nSPS) is 9.20. The zero-order valence-electron chi connectivity index (χ0n) is 5.53. The summed E-state index contributed by atoms with van der Waals surface area (Å²) in [6, 6.07) is 5.83.